The Labute approximate surface area is 248 Å². The minimum Gasteiger partial charge on any atom is -0.392 e. The number of aliphatic hydroxyl groups excluding tert-OH is 1. The van der Waals surface area contributed by atoms with Gasteiger partial charge >= 0.3 is 0 Å². The third-order valence-corrected chi connectivity index (χ3v) is 7.64. The van der Waals surface area contributed by atoms with Gasteiger partial charge in [0.2, 0.25) is 11.8 Å². The van der Waals surface area contributed by atoms with Gasteiger partial charge < -0.3 is 24.5 Å². The fourth-order valence-electron chi connectivity index (χ4n) is 4.69. The second kappa shape index (κ2) is 15.3. The summed E-state index contributed by atoms with van der Waals surface area (Å²) in [6.45, 7) is 0.382. The average Bonchev–Trinajstić information content (AvgIpc) is 3.30. The molecular formula is C29H34Cl2N4O6. The Balaban J connectivity index is 1.40. The van der Waals surface area contributed by atoms with E-state index in [0.29, 0.717) is 43.1 Å². The molecule has 0 unspecified atom stereocenters. The van der Waals surface area contributed by atoms with Crippen molar-refractivity contribution >= 4 is 40.7 Å². The summed E-state index contributed by atoms with van der Waals surface area (Å²) >= 11 is 12.4. The van der Waals surface area contributed by atoms with Gasteiger partial charge in [0.15, 0.2) is 11.4 Å². The van der Waals surface area contributed by atoms with Crippen molar-refractivity contribution < 1.29 is 29.4 Å². The maximum atomic E-state index is 12.5. The minimum absolute atomic E-state index is 0.0398. The predicted molar refractivity (Wildman–Crippen MR) is 153 cm³/mol. The van der Waals surface area contributed by atoms with Gasteiger partial charge in [0.05, 0.1) is 31.7 Å². The first-order chi connectivity index (χ1) is 19.9. The van der Waals surface area contributed by atoms with E-state index in [2.05, 4.69) is 10.3 Å². The number of ether oxygens (including phenoxy) is 2. The van der Waals surface area contributed by atoms with Crippen LogP contribution in [0.1, 0.15) is 74.0 Å². The average molecular weight is 606 g/mol. The molecule has 0 spiro atoms. The zero-order chi connectivity index (χ0) is 29.2. The number of rotatable bonds is 13. The fraction of sp³-hybridized carbons (Fsp3) is 0.414. The standard InChI is InChI=1S/C29H34Cl2N4O6/c30-27-28(31)35(18-32-27)16-23-15-24(20-12-10-19(17-36)11-13-20)41-29(40-23)21-6-5-7-22(14-21)33-25(37)8-3-1-2-4-9-26(38)34-39/h5-7,10-14,18,23-24,29,36,39H,1-4,8-9,15-17H2,(H,33,37)(H,34,38)/t23-,24+,29+/m0/s1. The Bertz CT molecular complexity index is 1300. The van der Waals surface area contributed by atoms with Crippen molar-refractivity contribution in [1.29, 1.82) is 0 Å². The Morgan fingerprint density at radius 3 is 2.37 bits per heavy atom. The molecule has 41 heavy (non-hydrogen) atoms. The lowest BCUT2D eigenvalue weighted by Gasteiger charge is -2.36. The van der Waals surface area contributed by atoms with Crippen molar-refractivity contribution in [2.45, 2.75) is 76.6 Å². The summed E-state index contributed by atoms with van der Waals surface area (Å²) in [5.74, 6) is -0.507. The molecule has 0 radical (unpaired) electrons. The number of unbranched alkanes of at least 4 members (excludes halogenated alkanes) is 3. The normalized spacial score (nSPS) is 18.7. The quantitative estimate of drug-likeness (QED) is 0.111. The molecule has 10 nitrogen and oxygen atoms in total. The summed E-state index contributed by atoms with van der Waals surface area (Å²) < 4.78 is 14.5. The van der Waals surface area contributed by atoms with E-state index in [1.807, 2.05) is 48.5 Å². The Hall–Kier alpha value is -2.99. The SMILES string of the molecule is O=C(CCCCCCC(=O)Nc1cccc([C@@H]2O[C@H](Cn3cnc(Cl)c3Cl)C[C@H](c3ccc(CO)cc3)O2)c1)NO. The van der Waals surface area contributed by atoms with Gasteiger partial charge in [-0.3, -0.25) is 14.8 Å². The number of anilines is 1. The van der Waals surface area contributed by atoms with Crippen LogP contribution in [0.25, 0.3) is 0 Å². The number of aromatic nitrogens is 2. The molecule has 4 N–H and O–H groups in total. The van der Waals surface area contributed by atoms with Gasteiger partial charge in [-0.05, 0) is 36.1 Å². The summed E-state index contributed by atoms with van der Waals surface area (Å²) in [5, 5.41) is 21.5. The van der Waals surface area contributed by atoms with Gasteiger partial charge in [0, 0.05) is 30.5 Å². The molecule has 2 aromatic carbocycles. The molecule has 4 rings (SSSR count). The van der Waals surface area contributed by atoms with E-state index in [9.17, 15) is 14.7 Å². The number of carbonyl (C=O) groups is 2. The molecule has 1 fully saturated rings. The van der Waals surface area contributed by atoms with Gasteiger partial charge in [-0.2, -0.15) is 0 Å². The van der Waals surface area contributed by atoms with Crippen molar-refractivity contribution in [1.82, 2.24) is 15.0 Å². The minimum atomic E-state index is -0.706. The van der Waals surface area contributed by atoms with Crippen LogP contribution >= 0.6 is 23.2 Å². The van der Waals surface area contributed by atoms with Gasteiger partial charge in [0.1, 0.15) is 5.15 Å². The first kappa shape index (κ1) is 31.0. The number of hydroxylamine groups is 1. The van der Waals surface area contributed by atoms with Crippen molar-refractivity contribution in [2.24, 2.45) is 0 Å². The van der Waals surface area contributed by atoms with Crippen LogP contribution in [0.2, 0.25) is 10.3 Å². The molecule has 2 amide bonds. The number of carbonyl (C=O) groups excluding carboxylic acids is 2. The van der Waals surface area contributed by atoms with E-state index in [4.69, 9.17) is 37.9 Å². The van der Waals surface area contributed by atoms with Crippen molar-refractivity contribution in [3.63, 3.8) is 0 Å². The predicted octanol–water partition coefficient (Wildman–Crippen LogP) is 5.71. The molecule has 0 bridgehead atoms. The molecule has 1 aromatic heterocycles. The monoisotopic (exact) mass is 604 g/mol. The van der Waals surface area contributed by atoms with Crippen LogP contribution in [-0.2, 0) is 32.2 Å². The van der Waals surface area contributed by atoms with E-state index in [1.54, 1.807) is 16.4 Å². The summed E-state index contributed by atoms with van der Waals surface area (Å²) in [6.07, 6.45) is 4.44. The highest BCUT2D eigenvalue weighted by atomic mass is 35.5. The summed E-state index contributed by atoms with van der Waals surface area (Å²) in [4.78, 5) is 27.7. The zero-order valence-electron chi connectivity index (χ0n) is 22.5. The van der Waals surface area contributed by atoms with Gasteiger partial charge in [0.25, 0.3) is 0 Å². The molecular weight excluding hydrogens is 571 g/mol. The highest BCUT2D eigenvalue weighted by Gasteiger charge is 2.33. The Morgan fingerprint density at radius 2 is 1.71 bits per heavy atom. The highest BCUT2D eigenvalue weighted by Crippen LogP contribution is 2.39. The van der Waals surface area contributed by atoms with Crippen LogP contribution in [0.15, 0.2) is 54.9 Å². The molecule has 12 heteroatoms. The number of amides is 2. The molecule has 220 valence electrons. The largest absolute Gasteiger partial charge is 0.392 e. The summed E-state index contributed by atoms with van der Waals surface area (Å²) in [7, 11) is 0. The molecule has 1 aliphatic rings. The van der Waals surface area contributed by atoms with Crippen molar-refractivity contribution in [2.75, 3.05) is 5.32 Å². The number of hydrogen-bond acceptors (Lipinski definition) is 7. The second-order valence-corrected chi connectivity index (χ2v) is 10.7. The van der Waals surface area contributed by atoms with Crippen LogP contribution < -0.4 is 10.8 Å². The lowest BCUT2D eigenvalue weighted by molar-refractivity contribution is -0.252. The molecule has 1 saturated heterocycles. The third kappa shape index (κ3) is 9.00. The van der Waals surface area contributed by atoms with Crippen LogP contribution in [-0.4, -0.2) is 37.8 Å². The summed E-state index contributed by atoms with van der Waals surface area (Å²) in [6, 6.07) is 15.0. The van der Waals surface area contributed by atoms with E-state index in [-0.39, 0.29) is 36.3 Å². The molecule has 3 atom stereocenters. The number of hydrogen-bond donors (Lipinski definition) is 4. The Kier molecular flexibility index (Phi) is 11.6. The smallest absolute Gasteiger partial charge is 0.243 e. The number of imidazole rings is 1. The first-order valence-electron chi connectivity index (χ1n) is 13.6. The number of nitrogens with one attached hydrogen (secondary N) is 2. The maximum Gasteiger partial charge on any atom is 0.243 e. The van der Waals surface area contributed by atoms with Crippen LogP contribution in [0.3, 0.4) is 0 Å². The molecule has 2 heterocycles. The molecule has 1 aliphatic heterocycles. The van der Waals surface area contributed by atoms with Crippen molar-refractivity contribution in [3.05, 3.63) is 81.9 Å². The lowest BCUT2D eigenvalue weighted by atomic mass is 10.00. The van der Waals surface area contributed by atoms with Crippen LogP contribution in [0.4, 0.5) is 5.69 Å². The van der Waals surface area contributed by atoms with Crippen LogP contribution in [0.5, 0.6) is 0 Å². The van der Waals surface area contributed by atoms with Gasteiger partial charge in [-0.1, -0.05) is 72.4 Å². The van der Waals surface area contributed by atoms with E-state index >= 15 is 0 Å². The Morgan fingerprint density at radius 1 is 0.976 bits per heavy atom. The van der Waals surface area contributed by atoms with E-state index in [0.717, 1.165) is 29.5 Å². The van der Waals surface area contributed by atoms with Gasteiger partial charge in [-0.25, -0.2) is 10.5 Å². The zero-order valence-corrected chi connectivity index (χ0v) is 24.0. The number of nitrogens with zero attached hydrogens (tertiary/aromatic N) is 2. The molecule has 0 aliphatic carbocycles. The maximum absolute atomic E-state index is 12.5. The summed E-state index contributed by atoms with van der Waals surface area (Å²) in [5.41, 5.74) is 4.77. The van der Waals surface area contributed by atoms with E-state index < -0.39 is 12.2 Å². The molecule has 0 saturated carbocycles. The third-order valence-electron chi connectivity index (χ3n) is 6.87. The fourth-order valence-corrected chi connectivity index (χ4v) is 5.00. The lowest BCUT2D eigenvalue weighted by Crippen LogP contribution is -2.32. The molecule has 3 aromatic rings. The first-order valence-corrected chi connectivity index (χ1v) is 14.3. The second-order valence-electron chi connectivity index (χ2n) is 9.95. The van der Waals surface area contributed by atoms with Crippen LogP contribution in [0, 0.1) is 0 Å². The number of benzene rings is 2. The highest BCUT2D eigenvalue weighted by molar-refractivity contribution is 6.40. The number of aliphatic hydroxyl groups is 1. The number of halogens is 2. The van der Waals surface area contributed by atoms with Gasteiger partial charge in [-0.15, -0.1) is 0 Å². The topological polar surface area (TPSA) is 135 Å². The van der Waals surface area contributed by atoms with Crippen molar-refractivity contribution in [3.8, 4) is 0 Å². The van der Waals surface area contributed by atoms with E-state index in [1.165, 1.54) is 0 Å².